The molecule has 0 radical (unpaired) electrons. The molecule has 3 N–H and O–H groups in total. The molecule has 4 bridgehead atoms. The third kappa shape index (κ3) is 3.41. The topological polar surface area (TPSA) is 105 Å². The van der Waals surface area contributed by atoms with Gasteiger partial charge >= 0.3 is 12.1 Å². The standard InChI is InChI=1S/C20H30N2O5/c1-18(2,3)27-17(26)22-20(4-5-20)21-15(23)14-12-6-11-7-13(14)10-19(8-11,9-12)16(24)25/h11-14H,4-10H2,1-3H3,(H,21,23)(H,22,26)(H,24,25). The van der Waals surface area contributed by atoms with Crippen LogP contribution in [-0.2, 0) is 14.3 Å². The van der Waals surface area contributed by atoms with Crippen LogP contribution in [0.15, 0.2) is 0 Å². The predicted molar refractivity (Wildman–Crippen MR) is 96.6 cm³/mol. The molecule has 150 valence electrons. The Hall–Kier alpha value is -1.79. The van der Waals surface area contributed by atoms with Gasteiger partial charge in [-0.15, -0.1) is 0 Å². The average Bonchev–Trinajstić information content (AvgIpc) is 3.22. The summed E-state index contributed by atoms with van der Waals surface area (Å²) in [4.78, 5) is 37.0. The normalized spacial score (nSPS) is 38.2. The molecule has 5 aliphatic rings. The van der Waals surface area contributed by atoms with Crippen LogP contribution in [0.3, 0.4) is 0 Å². The number of alkyl carbamates (subject to hydrolysis) is 1. The summed E-state index contributed by atoms with van der Waals surface area (Å²) < 4.78 is 5.31. The molecule has 5 saturated carbocycles. The van der Waals surface area contributed by atoms with Crippen LogP contribution in [0.2, 0.25) is 0 Å². The molecule has 5 rings (SSSR count). The average molecular weight is 378 g/mol. The summed E-state index contributed by atoms with van der Waals surface area (Å²) >= 11 is 0. The summed E-state index contributed by atoms with van der Waals surface area (Å²) in [7, 11) is 0. The van der Waals surface area contributed by atoms with Crippen LogP contribution < -0.4 is 10.6 Å². The molecule has 0 aromatic carbocycles. The second-order valence-corrected chi connectivity index (χ2v) is 10.3. The van der Waals surface area contributed by atoms with E-state index in [4.69, 9.17) is 4.74 Å². The van der Waals surface area contributed by atoms with E-state index in [0.29, 0.717) is 31.6 Å². The lowest BCUT2D eigenvalue weighted by atomic mass is 9.46. The van der Waals surface area contributed by atoms with Crippen molar-refractivity contribution in [1.29, 1.82) is 0 Å². The molecule has 0 aromatic rings. The molecule has 5 aliphatic carbocycles. The van der Waals surface area contributed by atoms with Gasteiger partial charge in [0.1, 0.15) is 11.3 Å². The number of nitrogens with one attached hydrogen (secondary N) is 2. The van der Waals surface area contributed by atoms with Gasteiger partial charge < -0.3 is 15.2 Å². The third-order valence-electron chi connectivity index (χ3n) is 6.88. The Balaban J connectivity index is 1.41. The summed E-state index contributed by atoms with van der Waals surface area (Å²) in [5.41, 5.74) is -1.89. The molecule has 2 atom stereocenters. The van der Waals surface area contributed by atoms with Gasteiger partial charge in [-0.1, -0.05) is 0 Å². The van der Waals surface area contributed by atoms with E-state index in [2.05, 4.69) is 10.6 Å². The van der Waals surface area contributed by atoms with Crippen molar-refractivity contribution in [3.63, 3.8) is 0 Å². The van der Waals surface area contributed by atoms with Crippen LogP contribution in [0.25, 0.3) is 0 Å². The molecule has 0 heterocycles. The Morgan fingerprint density at radius 1 is 1.00 bits per heavy atom. The maximum atomic E-state index is 13.1. The van der Waals surface area contributed by atoms with Gasteiger partial charge in [-0.2, -0.15) is 0 Å². The third-order valence-corrected chi connectivity index (χ3v) is 6.88. The summed E-state index contributed by atoms with van der Waals surface area (Å²) in [5, 5.41) is 15.6. The first-order valence-electron chi connectivity index (χ1n) is 10.1. The van der Waals surface area contributed by atoms with Gasteiger partial charge in [0.2, 0.25) is 5.91 Å². The minimum atomic E-state index is -0.696. The van der Waals surface area contributed by atoms with Gasteiger partial charge in [0.15, 0.2) is 0 Å². The highest BCUT2D eigenvalue weighted by molar-refractivity contribution is 5.83. The zero-order valence-corrected chi connectivity index (χ0v) is 16.3. The van der Waals surface area contributed by atoms with Gasteiger partial charge in [-0.25, -0.2) is 4.79 Å². The maximum Gasteiger partial charge on any atom is 0.409 e. The zero-order chi connectivity index (χ0) is 19.6. The molecule has 2 amide bonds. The van der Waals surface area contributed by atoms with E-state index in [1.807, 2.05) is 0 Å². The number of rotatable bonds is 4. The molecule has 0 aromatic heterocycles. The number of hydrogen-bond acceptors (Lipinski definition) is 4. The first-order valence-corrected chi connectivity index (χ1v) is 10.1. The fourth-order valence-electron chi connectivity index (χ4n) is 5.94. The van der Waals surface area contributed by atoms with Crippen LogP contribution in [0.4, 0.5) is 4.79 Å². The highest BCUT2D eigenvalue weighted by Gasteiger charge is 2.61. The van der Waals surface area contributed by atoms with E-state index in [1.54, 1.807) is 20.8 Å². The molecule has 0 saturated heterocycles. The van der Waals surface area contributed by atoms with Gasteiger partial charge in [0, 0.05) is 5.92 Å². The van der Waals surface area contributed by atoms with E-state index in [0.717, 1.165) is 19.3 Å². The lowest BCUT2D eigenvalue weighted by molar-refractivity contribution is -0.174. The fourth-order valence-corrected chi connectivity index (χ4v) is 5.94. The molecule has 27 heavy (non-hydrogen) atoms. The summed E-state index contributed by atoms with van der Waals surface area (Å²) in [5.74, 6) is -0.123. The maximum absolute atomic E-state index is 13.1. The Bertz CT molecular complexity index is 662. The lowest BCUT2D eigenvalue weighted by Crippen LogP contribution is -2.60. The highest BCUT2D eigenvalue weighted by Crippen LogP contribution is 2.62. The van der Waals surface area contributed by atoms with Crippen molar-refractivity contribution in [3.05, 3.63) is 0 Å². The number of aliphatic carboxylic acids is 1. The van der Waals surface area contributed by atoms with Crippen molar-refractivity contribution in [3.8, 4) is 0 Å². The first kappa shape index (κ1) is 18.6. The minimum absolute atomic E-state index is 0.0297. The van der Waals surface area contributed by atoms with Gasteiger partial charge in [0.05, 0.1) is 5.41 Å². The summed E-state index contributed by atoms with van der Waals surface area (Å²) in [6, 6.07) is 0. The fraction of sp³-hybridized carbons (Fsp3) is 0.850. The monoisotopic (exact) mass is 378 g/mol. The van der Waals surface area contributed by atoms with Crippen molar-refractivity contribution in [2.24, 2.45) is 29.1 Å². The quantitative estimate of drug-likeness (QED) is 0.652. The number of carboxylic acid groups (broad SMARTS) is 1. The van der Waals surface area contributed by atoms with Crippen LogP contribution in [0.1, 0.15) is 65.7 Å². The molecule has 7 heteroatoms. The molecule has 2 unspecified atom stereocenters. The summed E-state index contributed by atoms with van der Waals surface area (Å²) in [6.07, 6.45) is 4.78. The highest BCUT2D eigenvalue weighted by atomic mass is 16.6. The van der Waals surface area contributed by atoms with Crippen molar-refractivity contribution in [1.82, 2.24) is 10.6 Å². The van der Waals surface area contributed by atoms with Gasteiger partial charge in [0.25, 0.3) is 0 Å². The Labute approximate surface area is 159 Å². The van der Waals surface area contributed by atoms with E-state index in [-0.39, 0.29) is 23.7 Å². The van der Waals surface area contributed by atoms with Crippen molar-refractivity contribution >= 4 is 18.0 Å². The predicted octanol–water partition coefficient (Wildman–Crippen LogP) is 2.64. The van der Waals surface area contributed by atoms with Gasteiger partial charge in [-0.05, 0) is 83.5 Å². The van der Waals surface area contributed by atoms with Crippen LogP contribution in [0, 0.1) is 29.1 Å². The molecule has 5 fully saturated rings. The Kier molecular flexibility index (Phi) is 4.02. The Morgan fingerprint density at radius 3 is 2.07 bits per heavy atom. The number of carboxylic acids is 1. The van der Waals surface area contributed by atoms with Crippen LogP contribution in [-0.4, -0.2) is 34.3 Å². The number of hydrogen-bond donors (Lipinski definition) is 3. The van der Waals surface area contributed by atoms with Gasteiger partial charge in [-0.3, -0.25) is 14.9 Å². The largest absolute Gasteiger partial charge is 0.481 e. The first-order chi connectivity index (χ1) is 12.5. The van der Waals surface area contributed by atoms with Crippen molar-refractivity contribution in [2.75, 3.05) is 0 Å². The molecular formula is C20H30N2O5. The number of carbonyl (C=O) groups excluding carboxylic acids is 2. The second kappa shape index (κ2) is 5.85. The van der Waals surface area contributed by atoms with E-state index in [9.17, 15) is 19.5 Å². The van der Waals surface area contributed by atoms with E-state index in [1.165, 1.54) is 0 Å². The molecular weight excluding hydrogens is 348 g/mol. The van der Waals surface area contributed by atoms with Crippen LogP contribution >= 0.6 is 0 Å². The van der Waals surface area contributed by atoms with Crippen molar-refractivity contribution in [2.45, 2.75) is 77.0 Å². The summed E-state index contributed by atoms with van der Waals surface area (Å²) in [6.45, 7) is 5.41. The second-order valence-electron chi connectivity index (χ2n) is 10.3. The SMILES string of the molecule is CC(C)(C)OC(=O)NC1(NC(=O)C2C3CC4CC2CC(C(=O)O)(C4)C3)CC1. The molecule has 0 spiro atoms. The zero-order valence-electron chi connectivity index (χ0n) is 16.3. The van der Waals surface area contributed by atoms with Crippen LogP contribution in [0.5, 0.6) is 0 Å². The smallest absolute Gasteiger partial charge is 0.409 e. The van der Waals surface area contributed by atoms with E-state index < -0.39 is 28.7 Å². The van der Waals surface area contributed by atoms with Crippen molar-refractivity contribution < 1.29 is 24.2 Å². The minimum Gasteiger partial charge on any atom is -0.481 e. The number of amides is 2. The molecule has 7 nitrogen and oxygen atoms in total. The van der Waals surface area contributed by atoms with E-state index >= 15 is 0 Å². The lowest BCUT2D eigenvalue weighted by Gasteiger charge is -2.57. The molecule has 0 aliphatic heterocycles. The number of carbonyl (C=O) groups is 3. The number of ether oxygens (including phenoxy) is 1. The Morgan fingerprint density at radius 2 is 1.59 bits per heavy atom.